The van der Waals surface area contributed by atoms with Crippen LogP contribution in [0.3, 0.4) is 0 Å². The third kappa shape index (κ3) is 2.14. The number of hydrogen-bond acceptors (Lipinski definition) is 1. The molecule has 0 aromatic rings. The first-order valence-corrected chi connectivity index (χ1v) is 7.02. The van der Waals surface area contributed by atoms with Gasteiger partial charge < -0.3 is 9.38 Å². The fraction of sp³-hybridized carbons (Fsp3) is 1.00. The summed E-state index contributed by atoms with van der Waals surface area (Å²) in [5.74, 6) is 0. The molecule has 2 saturated heterocycles. The second-order valence-corrected chi connectivity index (χ2v) is 6.69. The van der Waals surface area contributed by atoms with E-state index in [1.807, 2.05) is 0 Å². The van der Waals surface area contributed by atoms with Gasteiger partial charge in [0.2, 0.25) is 0 Å². The number of hydrogen-bond donors (Lipinski definition) is 0. The molecule has 0 bridgehead atoms. The van der Waals surface area contributed by atoms with E-state index in [0.717, 1.165) is 6.04 Å². The van der Waals surface area contributed by atoms with E-state index >= 15 is 0 Å². The molecule has 0 radical (unpaired) electrons. The Morgan fingerprint density at radius 3 is 2.62 bits per heavy atom. The lowest BCUT2D eigenvalue weighted by Crippen LogP contribution is -2.51. The number of quaternary nitrogens is 1. The molecule has 2 heteroatoms. The fourth-order valence-corrected chi connectivity index (χ4v) is 3.58. The highest BCUT2D eigenvalue weighted by atomic mass is 15.4. The molecule has 0 saturated carbocycles. The summed E-state index contributed by atoms with van der Waals surface area (Å²) >= 11 is 0. The second-order valence-electron chi connectivity index (χ2n) is 6.69. The molecule has 0 spiro atoms. The Hall–Kier alpha value is -0.0800. The van der Waals surface area contributed by atoms with Crippen LogP contribution >= 0.6 is 0 Å². The van der Waals surface area contributed by atoms with Gasteiger partial charge in [-0.2, -0.15) is 0 Å². The van der Waals surface area contributed by atoms with E-state index < -0.39 is 0 Å². The summed E-state index contributed by atoms with van der Waals surface area (Å²) in [7, 11) is 4.77. The monoisotopic (exact) mass is 225 g/mol. The smallest absolute Gasteiger partial charge is 0.0861 e. The van der Waals surface area contributed by atoms with E-state index in [1.54, 1.807) is 0 Å². The molecule has 0 N–H and O–H groups in total. The molecule has 2 heterocycles. The molecule has 0 aromatic carbocycles. The second kappa shape index (κ2) is 4.30. The lowest BCUT2D eigenvalue weighted by Gasteiger charge is -2.39. The highest BCUT2D eigenvalue weighted by Crippen LogP contribution is 2.33. The van der Waals surface area contributed by atoms with E-state index in [2.05, 4.69) is 32.8 Å². The highest BCUT2D eigenvalue weighted by Gasteiger charge is 2.39. The molecule has 2 aliphatic heterocycles. The summed E-state index contributed by atoms with van der Waals surface area (Å²) in [5.41, 5.74) is 0.490. The van der Waals surface area contributed by atoms with Gasteiger partial charge in [0.15, 0.2) is 0 Å². The van der Waals surface area contributed by atoms with E-state index in [1.165, 1.54) is 56.2 Å². The zero-order chi connectivity index (χ0) is 11.8. The maximum atomic E-state index is 2.58. The minimum absolute atomic E-state index is 0.490. The maximum absolute atomic E-state index is 2.58. The van der Waals surface area contributed by atoms with Crippen molar-refractivity contribution in [1.29, 1.82) is 0 Å². The molecular weight excluding hydrogens is 196 g/mol. The molecule has 0 aromatic heterocycles. The van der Waals surface area contributed by atoms with E-state index in [4.69, 9.17) is 0 Å². The molecule has 2 rings (SSSR count). The first kappa shape index (κ1) is 12.4. The van der Waals surface area contributed by atoms with Crippen LogP contribution in [-0.4, -0.2) is 54.7 Å². The zero-order valence-electron chi connectivity index (χ0n) is 11.6. The average molecular weight is 225 g/mol. The van der Waals surface area contributed by atoms with Crippen LogP contribution in [0.4, 0.5) is 0 Å². The van der Waals surface area contributed by atoms with Crippen molar-refractivity contribution in [3.8, 4) is 0 Å². The lowest BCUT2D eigenvalue weighted by atomic mass is 9.94. The van der Waals surface area contributed by atoms with Crippen molar-refractivity contribution >= 4 is 0 Å². The molecule has 0 aliphatic carbocycles. The van der Waals surface area contributed by atoms with E-state index in [9.17, 15) is 0 Å². The van der Waals surface area contributed by atoms with Crippen LogP contribution in [0.5, 0.6) is 0 Å². The molecule has 2 fully saturated rings. The standard InChI is InChI=1S/C14H29N2/c1-13-7-5-11-16(13,4)12-9-14(2)8-6-10-15(14)3/h13H,5-12H2,1-4H3/q+1. The first-order chi connectivity index (χ1) is 7.46. The summed E-state index contributed by atoms with van der Waals surface area (Å²) in [6, 6.07) is 0.885. The number of likely N-dealkylation sites (tertiary alicyclic amines) is 2. The summed E-state index contributed by atoms with van der Waals surface area (Å²) < 4.78 is 1.32. The summed E-state index contributed by atoms with van der Waals surface area (Å²) in [6.07, 6.45) is 7.04. The maximum Gasteiger partial charge on any atom is 0.0861 e. The molecule has 3 unspecified atom stereocenters. The van der Waals surface area contributed by atoms with Crippen LogP contribution in [0, 0.1) is 0 Å². The van der Waals surface area contributed by atoms with Crippen LogP contribution in [0.25, 0.3) is 0 Å². The third-order valence-corrected chi connectivity index (χ3v) is 5.65. The highest BCUT2D eigenvalue weighted by molar-refractivity contribution is 4.90. The van der Waals surface area contributed by atoms with Crippen molar-refractivity contribution in [1.82, 2.24) is 4.90 Å². The predicted octanol–water partition coefficient (Wildman–Crippen LogP) is 2.49. The number of nitrogens with zero attached hydrogens (tertiary/aromatic N) is 2. The Morgan fingerprint density at radius 2 is 2.12 bits per heavy atom. The Bertz CT molecular complexity index is 227. The molecule has 2 aliphatic rings. The van der Waals surface area contributed by atoms with Gasteiger partial charge in [0.05, 0.1) is 26.2 Å². The SMILES string of the molecule is CC1CCC[N+]1(C)CCC1(C)CCCN1C. The summed E-state index contributed by atoms with van der Waals surface area (Å²) in [6.45, 7) is 8.99. The zero-order valence-corrected chi connectivity index (χ0v) is 11.6. The average Bonchev–Trinajstić information content (AvgIpc) is 2.73. The van der Waals surface area contributed by atoms with Crippen LogP contribution in [0.1, 0.15) is 46.0 Å². The minimum Gasteiger partial charge on any atom is -0.324 e. The van der Waals surface area contributed by atoms with Gasteiger partial charge in [0, 0.05) is 24.8 Å². The van der Waals surface area contributed by atoms with Crippen molar-refractivity contribution in [3.63, 3.8) is 0 Å². The van der Waals surface area contributed by atoms with Crippen molar-refractivity contribution in [3.05, 3.63) is 0 Å². The van der Waals surface area contributed by atoms with Gasteiger partial charge in [0.1, 0.15) is 0 Å². The quantitative estimate of drug-likeness (QED) is 0.667. The molecule has 3 atom stereocenters. The Morgan fingerprint density at radius 1 is 1.38 bits per heavy atom. The molecule has 16 heavy (non-hydrogen) atoms. The van der Waals surface area contributed by atoms with Crippen LogP contribution in [0.2, 0.25) is 0 Å². The van der Waals surface area contributed by atoms with Crippen molar-refractivity contribution in [2.24, 2.45) is 0 Å². The van der Waals surface area contributed by atoms with Crippen LogP contribution in [0.15, 0.2) is 0 Å². The first-order valence-electron chi connectivity index (χ1n) is 7.02. The summed E-state index contributed by atoms with van der Waals surface area (Å²) in [5, 5.41) is 0. The van der Waals surface area contributed by atoms with Crippen molar-refractivity contribution in [2.45, 2.75) is 57.5 Å². The van der Waals surface area contributed by atoms with E-state index in [-0.39, 0.29) is 0 Å². The van der Waals surface area contributed by atoms with Gasteiger partial charge in [-0.05, 0) is 40.3 Å². The molecule has 2 nitrogen and oxygen atoms in total. The van der Waals surface area contributed by atoms with E-state index in [0.29, 0.717) is 5.54 Å². The third-order valence-electron chi connectivity index (χ3n) is 5.65. The lowest BCUT2D eigenvalue weighted by molar-refractivity contribution is -0.919. The van der Waals surface area contributed by atoms with Gasteiger partial charge in [0.25, 0.3) is 0 Å². The molecular formula is C14H29N2+. The van der Waals surface area contributed by atoms with Crippen LogP contribution < -0.4 is 0 Å². The predicted molar refractivity (Wildman–Crippen MR) is 69.5 cm³/mol. The van der Waals surface area contributed by atoms with Crippen LogP contribution in [-0.2, 0) is 0 Å². The van der Waals surface area contributed by atoms with Gasteiger partial charge >= 0.3 is 0 Å². The molecule has 94 valence electrons. The topological polar surface area (TPSA) is 3.24 Å². The Balaban J connectivity index is 1.91. The van der Waals surface area contributed by atoms with Gasteiger partial charge in [-0.3, -0.25) is 0 Å². The largest absolute Gasteiger partial charge is 0.324 e. The Kier molecular flexibility index (Phi) is 3.33. The Labute approximate surface area is 101 Å². The molecule has 0 amide bonds. The normalized spacial score (nSPS) is 45.4. The number of rotatable bonds is 3. The van der Waals surface area contributed by atoms with Crippen molar-refractivity contribution < 1.29 is 4.48 Å². The van der Waals surface area contributed by atoms with Gasteiger partial charge in [-0.15, -0.1) is 0 Å². The summed E-state index contributed by atoms with van der Waals surface area (Å²) in [4.78, 5) is 2.58. The van der Waals surface area contributed by atoms with Gasteiger partial charge in [-0.25, -0.2) is 0 Å². The van der Waals surface area contributed by atoms with Crippen molar-refractivity contribution in [2.75, 3.05) is 33.7 Å². The van der Waals surface area contributed by atoms with Gasteiger partial charge in [-0.1, -0.05) is 0 Å². The minimum atomic E-state index is 0.490. The fourth-order valence-electron chi connectivity index (χ4n) is 3.58.